The van der Waals surface area contributed by atoms with E-state index in [0.717, 1.165) is 6.42 Å². The van der Waals surface area contributed by atoms with E-state index in [2.05, 4.69) is 31.8 Å². The van der Waals surface area contributed by atoms with Crippen molar-refractivity contribution in [3.8, 4) is 11.6 Å². The Morgan fingerprint density at radius 3 is 2.97 bits per heavy atom. The van der Waals surface area contributed by atoms with E-state index in [1.54, 1.807) is 4.90 Å². The molecule has 0 aliphatic carbocycles. The van der Waals surface area contributed by atoms with Crippen molar-refractivity contribution in [3.63, 3.8) is 0 Å². The van der Waals surface area contributed by atoms with Gasteiger partial charge in [0.15, 0.2) is 17.1 Å². The van der Waals surface area contributed by atoms with Gasteiger partial charge < -0.3 is 15.0 Å². The average molecular weight is 449 g/mol. The lowest BCUT2D eigenvalue weighted by atomic mass is 10.3. The largest absolute Gasteiger partial charge is 0.434 e. The number of fused-ring (bicyclic) bond motifs is 1. The molecule has 3 aromatic rings. The van der Waals surface area contributed by atoms with E-state index in [-0.39, 0.29) is 39.1 Å². The maximum Gasteiger partial charge on any atom is 0.249 e. The number of benzene rings is 1. The van der Waals surface area contributed by atoms with Crippen LogP contribution in [0, 0.1) is 5.82 Å². The molecule has 30 heavy (non-hydrogen) atoms. The van der Waals surface area contributed by atoms with E-state index >= 15 is 0 Å². The van der Waals surface area contributed by atoms with Crippen LogP contribution in [0.5, 0.6) is 11.6 Å². The summed E-state index contributed by atoms with van der Waals surface area (Å²) in [5.41, 5.74) is 0.707. The quantitative estimate of drug-likeness (QED) is 0.467. The SMILES string of the molecule is C=CC(=O)N1CCC(Nc2ncc3ncnc(Oc4ccc(Cl)c(Cl)c4F)c3n2)C1. The summed E-state index contributed by atoms with van der Waals surface area (Å²) < 4.78 is 20.0. The fraction of sp³-hybridized carbons (Fsp3) is 0.211. The van der Waals surface area contributed by atoms with Crippen molar-refractivity contribution in [2.75, 3.05) is 18.4 Å². The minimum atomic E-state index is -0.804. The van der Waals surface area contributed by atoms with Gasteiger partial charge in [0.05, 0.1) is 16.2 Å². The van der Waals surface area contributed by atoms with Crippen molar-refractivity contribution < 1.29 is 13.9 Å². The second kappa shape index (κ2) is 8.37. The minimum Gasteiger partial charge on any atom is -0.434 e. The molecule has 1 saturated heterocycles. The van der Waals surface area contributed by atoms with Gasteiger partial charge in [-0.1, -0.05) is 29.8 Å². The predicted octanol–water partition coefficient (Wildman–Crippen LogP) is 3.86. The topological polar surface area (TPSA) is 93.1 Å². The second-order valence-electron chi connectivity index (χ2n) is 6.50. The summed E-state index contributed by atoms with van der Waals surface area (Å²) >= 11 is 11.7. The summed E-state index contributed by atoms with van der Waals surface area (Å²) in [6, 6.07) is 2.75. The van der Waals surface area contributed by atoms with Crippen LogP contribution < -0.4 is 10.1 Å². The van der Waals surface area contributed by atoms with Crippen LogP contribution in [0.1, 0.15) is 6.42 Å². The van der Waals surface area contributed by atoms with Gasteiger partial charge in [0.1, 0.15) is 11.8 Å². The molecule has 1 aromatic carbocycles. The van der Waals surface area contributed by atoms with Gasteiger partial charge in [0, 0.05) is 19.1 Å². The first-order chi connectivity index (χ1) is 14.5. The van der Waals surface area contributed by atoms with E-state index in [4.69, 9.17) is 27.9 Å². The molecule has 3 heterocycles. The number of hydrogen-bond donors (Lipinski definition) is 1. The molecule has 1 atom stereocenters. The maximum absolute atomic E-state index is 14.4. The number of amides is 1. The Morgan fingerprint density at radius 1 is 1.33 bits per heavy atom. The first kappa shape index (κ1) is 20.2. The number of carbonyl (C=O) groups is 1. The van der Waals surface area contributed by atoms with Crippen LogP contribution in [0.4, 0.5) is 10.3 Å². The van der Waals surface area contributed by atoms with Gasteiger partial charge in [-0.15, -0.1) is 0 Å². The highest BCUT2D eigenvalue weighted by atomic mass is 35.5. The molecule has 8 nitrogen and oxygen atoms in total. The van der Waals surface area contributed by atoms with Gasteiger partial charge in [-0.05, 0) is 24.6 Å². The number of aromatic nitrogens is 4. The summed E-state index contributed by atoms with van der Waals surface area (Å²) in [6.45, 7) is 4.63. The third kappa shape index (κ3) is 3.99. The summed E-state index contributed by atoms with van der Waals surface area (Å²) in [5, 5.41) is 3.01. The molecule has 1 N–H and O–H groups in total. The summed E-state index contributed by atoms with van der Waals surface area (Å²) in [5.74, 6) is -0.716. The molecule has 4 rings (SSSR count). The zero-order valence-electron chi connectivity index (χ0n) is 15.5. The monoisotopic (exact) mass is 448 g/mol. The summed E-state index contributed by atoms with van der Waals surface area (Å²) in [6.07, 6.45) is 4.80. The molecular weight excluding hydrogens is 434 g/mol. The molecule has 1 fully saturated rings. The zero-order valence-corrected chi connectivity index (χ0v) is 17.0. The molecular formula is C19H15Cl2FN6O2. The third-order valence-electron chi connectivity index (χ3n) is 4.56. The predicted molar refractivity (Wildman–Crippen MR) is 110 cm³/mol. The lowest BCUT2D eigenvalue weighted by Crippen LogP contribution is -2.30. The number of carbonyl (C=O) groups excluding carboxylic acids is 1. The van der Waals surface area contributed by atoms with Crippen LogP contribution in [0.3, 0.4) is 0 Å². The number of rotatable bonds is 5. The lowest BCUT2D eigenvalue weighted by Gasteiger charge is -2.15. The van der Waals surface area contributed by atoms with Crippen LogP contribution in [0.2, 0.25) is 10.0 Å². The number of hydrogen-bond acceptors (Lipinski definition) is 7. The fourth-order valence-electron chi connectivity index (χ4n) is 3.06. The van der Waals surface area contributed by atoms with Crippen molar-refractivity contribution in [1.29, 1.82) is 0 Å². The number of nitrogens with zero attached hydrogens (tertiary/aromatic N) is 5. The first-order valence-corrected chi connectivity index (χ1v) is 9.69. The maximum atomic E-state index is 14.4. The number of ether oxygens (including phenoxy) is 1. The normalized spacial score (nSPS) is 16.0. The molecule has 154 valence electrons. The standard InChI is InChI=1S/C19H15Cl2FN6O2/c1-2-14(29)28-6-5-10(8-28)26-19-23-7-12-17(27-19)18(25-9-24-12)30-13-4-3-11(20)15(21)16(13)22/h2-4,7,9-10H,1,5-6,8H2,(H,23,26,27). The van der Waals surface area contributed by atoms with E-state index in [1.807, 2.05) is 0 Å². The second-order valence-corrected chi connectivity index (χ2v) is 7.29. The smallest absolute Gasteiger partial charge is 0.249 e. The number of likely N-dealkylation sites (tertiary alicyclic amines) is 1. The molecule has 0 bridgehead atoms. The molecule has 1 unspecified atom stereocenters. The van der Waals surface area contributed by atoms with Crippen molar-refractivity contribution in [2.45, 2.75) is 12.5 Å². The van der Waals surface area contributed by atoms with Crippen molar-refractivity contribution >= 4 is 46.1 Å². The van der Waals surface area contributed by atoms with Gasteiger partial charge in [-0.25, -0.2) is 19.3 Å². The molecule has 0 radical (unpaired) electrons. The van der Waals surface area contributed by atoms with E-state index < -0.39 is 5.82 Å². The Bertz CT molecular complexity index is 1150. The van der Waals surface area contributed by atoms with E-state index in [0.29, 0.717) is 24.6 Å². The van der Waals surface area contributed by atoms with Crippen molar-refractivity contribution in [1.82, 2.24) is 24.8 Å². The highest BCUT2D eigenvalue weighted by Gasteiger charge is 2.25. The molecule has 1 amide bonds. The third-order valence-corrected chi connectivity index (χ3v) is 5.34. The van der Waals surface area contributed by atoms with Gasteiger partial charge in [-0.2, -0.15) is 4.98 Å². The van der Waals surface area contributed by atoms with Crippen molar-refractivity contribution in [2.24, 2.45) is 0 Å². The molecule has 0 saturated carbocycles. The van der Waals surface area contributed by atoms with Crippen LogP contribution in [0.25, 0.3) is 11.0 Å². The molecule has 1 aliphatic rings. The number of anilines is 1. The summed E-state index contributed by atoms with van der Waals surface area (Å²) in [7, 11) is 0. The Balaban J connectivity index is 1.59. The zero-order chi connectivity index (χ0) is 21.3. The number of halogens is 3. The average Bonchev–Trinajstić information content (AvgIpc) is 3.22. The van der Waals surface area contributed by atoms with Crippen LogP contribution in [-0.4, -0.2) is 49.9 Å². The Hall–Kier alpha value is -3.04. The number of nitrogens with one attached hydrogen (secondary N) is 1. The minimum absolute atomic E-state index is 0.0205. The highest BCUT2D eigenvalue weighted by molar-refractivity contribution is 6.42. The Labute approximate surface area is 180 Å². The van der Waals surface area contributed by atoms with Gasteiger partial charge in [0.2, 0.25) is 17.7 Å². The van der Waals surface area contributed by atoms with E-state index in [9.17, 15) is 9.18 Å². The van der Waals surface area contributed by atoms with Crippen molar-refractivity contribution in [3.05, 3.63) is 53.2 Å². The molecule has 0 spiro atoms. The van der Waals surface area contributed by atoms with Gasteiger partial charge in [-0.3, -0.25) is 4.79 Å². The van der Waals surface area contributed by atoms with E-state index in [1.165, 1.54) is 30.7 Å². The van der Waals surface area contributed by atoms with Gasteiger partial charge >= 0.3 is 0 Å². The van der Waals surface area contributed by atoms with Gasteiger partial charge in [0.25, 0.3) is 0 Å². The van der Waals surface area contributed by atoms with Crippen LogP contribution in [0.15, 0.2) is 37.3 Å². The lowest BCUT2D eigenvalue weighted by molar-refractivity contribution is -0.125. The Kier molecular flexibility index (Phi) is 5.65. The molecule has 1 aliphatic heterocycles. The van der Waals surface area contributed by atoms with Crippen LogP contribution in [-0.2, 0) is 4.79 Å². The van der Waals surface area contributed by atoms with Crippen LogP contribution >= 0.6 is 23.2 Å². The highest BCUT2D eigenvalue weighted by Crippen LogP contribution is 2.34. The molecule has 2 aromatic heterocycles. The molecule has 11 heteroatoms. The fourth-order valence-corrected chi connectivity index (χ4v) is 3.36. The first-order valence-electron chi connectivity index (χ1n) is 8.93. The Morgan fingerprint density at radius 2 is 2.17 bits per heavy atom. The summed E-state index contributed by atoms with van der Waals surface area (Å²) in [4.78, 5) is 30.3.